The minimum absolute atomic E-state index is 0.295. The second-order valence-electron chi connectivity index (χ2n) is 8.68. The first-order chi connectivity index (χ1) is 16.4. The van der Waals surface area contributed by atoms with Crippen molar-refractivity contribution in [2.45, 2.75) is 12.3 Å². The number of ether oxygens (including phenoxy) is 1. The second kappa shape index (κ2) is 7.21. The monoisotopic (exact) mass is 426 g/mol. The Kier molecular flexibility index (Phi) is 4.03. The first-order valence-electron chi connectivity index (χ1n) is 11.5. The van der Waals surface area contributed by atoms with Crippen LogP contribution in [0.1, 0.15) is 23.5 Å². The molecule has 158 valence electrons. The fraction of sp³-hybridized carbons (Fsp3) is 0.100. The van der Waals surface area contributed by atoms with E-state index in [1.165, 1.54) is 38.4 Å². The molecule has 0 amide bonds. The molecule has 0 radical (unpaired) electrons. The molecular formula is C30H22N2O. The van der Waals surface area contributed by atoms with Crippen LogP contribution < -0.4 is 4.74 Å². The van der Waals surface area contributed by atoms with Crippen molar-refractivity contribution in [2.24, 2.45) is 0 Å². The summed E-state index contributed by atoms with van der Waals surface area (Å²) in [5.41, 5.74) is 7.13. The summed E-state index contributed by atoms with van der Waals surface area (Å²) >= 11 is 0. The standard InChI is InChI=1S/C30H22N2O/c1-3-12-24(20(9-1)22-17-18-33-29-16-8-6-13-25(22)29)28-19-31-30-26-14-4-2-10-21(26)23-11-5-7-15-27(23)32(28)30/h1-16,19,22H,17-18H2. The second-order valence-corrected chi connectivity index (χ2v) is 8.68. The third-order valence-corrected chi connectivity index (χ3v) is 6.94. The lowest BCUT2D eigenvalue weighted by atomic mass is 9.83. The van der Waals surface area contributed by atoms with Crippen molar-refractivity contribution in [1.29, 1.82) is 0 Å². The summed E-state index contributed by atoms with van der Waals surface area (Å²) in [6.45, 7) is 0.733. The van der Waals surface area contributed by atoms with E-state index < -0.39 is 0 Å². The minimum Gasteiger partial charge on any atom is -0.493 e. The number of hydrogen-bond acceptors (Lipinski definition) is 2. The average Bonchev–Trinajstić information content (AvgIpc) is 3.34. The summed E-state index contributed by atoms with van der Waals surface area (Å²) in [6.07, 6.45) is 3.01. The molecule has 3 heterocycles. The van der Waals surface area contributed by atoms with Crippen LogP contribution in [-0.4, -0.2) is 16.0 Å². The van der Waals surface area contributed by atoms with Crippen molar-refractivity contribution in [1.82, 2.24) is 9.38 Å². The smallest absolute Gasteiger partial charge is 0.145 e. The summed E-state index contributed by atoms with van der Waals surface area (Å²) in [6, 6.07) is 34.4. The molecule has 1 atom stereocenters. The molecule has 0 N–H and O–H groups in total. The summed E-state index contributed by atoms with van der Waals surface area (Å²) < 4.78 is 8.30. The Labute approximate surface area is 191 Å². The highest BCUT2D eigenvalue weighted by atomic mass is 16.5. The van der Waals surface area contributed by atoms with E-state index in [0.717, 1.165) is 30.1 Å². The number of hydrogen-bond donors (Lipinski definition) is 0. The van der Waals surface area contributed by atoms with Crippen LogP contribution in [0, 0.1) is 0 Å². The Morgan fingerprint density at radius 2 is 1.39 bits per heavy atom. The molecule has 0 bridgehead atoms. The molecule has 4 aromatic carbocycles. The highest BCUT2D eigenvalue weighted by molar-refractivity contribution is 6.12. The van der Waals surface area contributed by atoms with Gasteiger partial charge in [-0.3, -0.25) is 4.40 Å². The van der Waals surface area contributed by atoms with E-state index in [-0.39, 0.29) is 0 Å². The third-order valence-electron chi connectivity index (χ3n) is 6.94. The van der Waals surface area contributed by atoms with Gasteiger partial charge in [-0.15, -0.1) is 0 Å². The number of aromatic nitrogens is 2. The van der Waals surface area contributed by atoms with Crippen LogP contribution in [0.5, 0.6) is 5.75 Å². The number of pyridine rings is 1. The molecule has 0 saturated carbocycles. The molecule has 0 fully saturated rings. The highest BCUT2D eigenvalue weighted by Crippen LogP contribution is 2.42. The normalized spacial score (nSPS) is 15.6. The van der Waals surface area contributed by atoms with Crippen molar-refractivity contribution >= 4 is 27.3 Å². The molecule has 1 aliphatic heterocycles. The predicted molar refractivity (Wildman–Crippen MR) is 134 cm³/mol. The van der Waals surface area contributed by atoms with Crippen LogP contribution >= 0.6 is 0 Å². The fourth-order valence-electron chi connectivity index (χ4n) is 5.48. The van der Waals surface area contributed by atoms with Gasteiger partial charge in [0.1, 0.15) is 11.4 Å². The van der Waals surface area contributed by atoms with E-state index in [2.05, 4.69) is 101 Å². The van der Waals surface area contributed by atoms with E-state index in [0.29, 0.717) is 5.92 Å². The number of imidazole rings is 1. The largest absolute Gasteiger partial charge is 0.493 e. The van der Waals surface area contributed by atoms with Gasteiger partial charge in [-0.05, 0) is 29.5 Å². The summed E-state index contributed by atoms with van der Waals surface area (Å²) in [7, 11) is 0. The van der Waals surface area contributed by atoms with E-state index in [1.54, 1.807) is 0 Å². The predicted octanol–water partition coefficient (Wildman–Crippen LogP) is 7.22. The summed E-state index contributed by atoms with van der Waals surface area (Å²) in [4.78, 5) is 4.94. The minimum atomic E-state index is 0.295. The fourth-order valence-corrected chi connectivity index (χ4v) is 5.48. The van der Waals surface area contributed by atoms with E-state index in [9.17, 15) is 0 Å². The maximum absolute atomic E-state index is 5.96. The van der Waals surface area contributed by atoms with Gasteiger partial charge < -0.3 is 4.74 Å². The topological polar surface area (TPSA) is 26.5 Å². The summed E-state index contributed by atoms with van der Waals surface area (Å²) in [5.74, 6) is 1.29. The van der Waals surface area contributed by atoms with Crippen LogP contribution in [0.4, 0.5) is 0 Å². The van der Waals surface area contributed by atoms with Gasteiger partial charge in [0.05, 0.1) is 24.0 Å². The van der Waals surface area contributed by atoms with E-state index in [4.69, 9.17) is 9.72 Å². The van der Waals surface area contributed by atoms with Gasteiger partial charge in [0.15, 0.2) is 0 Å². The van der Waals surface area contributed by atoms with Crippen molar-refractivity contribution in [3.63, 3.8) is 0 Å². The molecule has 0 aliphatic carbocycles. The van der Waals surface area contributed by atoms with Gasteiger partial charge in [-0.25, -0.2) is 4.98 Å². The van der Waals surface area contributed by atoms with Crippen molar-refractivity contribution in [3.8, 4) is 17.0 Å². The number of rotatable bonds is 2. The Hall–Kier alpha value is -4.11. The lowest BCUT2D eigenvalue weighted by Crippen LogP contribution is -2.15. The molecule has 6 aromatic rings. The Morgan fingerprint density at radius 1 is 0.697 bits per heavy atom. The Morgan fingerprint density at radius 3 is 2.30 bits per heavy atom. The molecule has 7 rings (SSSR count). The van der Waals surface area contributed by atoms with Crippen molar-refractivity contribution in [2.75, 3.05) is 6.61 Å². The van der Waals surface area contributed by atoms with E-state index >= 15 is 0 Å². The molecule has 0 saturated heterocycles. The van der Waals surface area contributed by atoms with Crippen LogP contribution in [0.2, 0.25) is 0 Å². The molecule has 1 unspecified atom stereocenters. The molecular weight excluding hydrogens is 404 g/mol. The Balaban J connectivity index is 1.54. The van der Waals surface area contributed by atoms with Crippen LogP contribution in [-0.2, 0) is 0 Å². The Bertz CT molecular complexity index is 1660. The molecule has 1 aliphatic rings. The first-order valence-corrected chi connectivity index (χ1v) is 11.5. The zero-order chi connectivity index (χ0) is 21.8. The maximum Gasteiger partial charge on any atom is 0.145 e. The third kappa shape index (κ3) is 2.72. The van der Waals surface area contributed by atoms with Crippen LogP contribution in [0.15, 0.2) is 103 Å². The number of benzene rings is 4. The highest BCUT2D eigenvalue weighted by Gasteiger charge is 2.26. The number of para-hydroxylation sites is 2. The SMILES string of the molecule is c1ccc2c(c1)OCCC2c1ccccc1-c1cnc2c3ccccc3c3ccccc3n12. The molecule has 2 aromatic heterocycles. The van der Waals surface area contributed by atoms with Crippen molar-refractivity contribution in [3.05, 3.63) is 114 Å². The van der Waals surface area contributed by atoms with E-state index in [1.807, 2.05) is 6.20 Å². The average molecular weight is 427 g/mol. The van der Waals surface area contributed by atoms with Gasteiger partial charge in [0, 0.05) is 27.8 Å². The zero-order valence-corrected chi connectivity index (χ0v) is 18.1. The molecule has 3 nitrogen and oxygen atoms in total. The quantitative estimate of drug-likeness (QED) is 0.273. The van der Waals surface area contributed by atoms with Gasteiger partial charge >= 0.3 is 0 Å². The van der Waals surface area contributed by atoms with Gasteiger partial charge in [0.2, 0.25) is 0 Å². The van der Waals surface area contributed by atoms with Gasteiger partial charge in [-0.1, -0.05) is 84.9 Å². The first kappa shape index (κ1) is 18.5. The van der Waals surface area contributed by atoms with Crippen LogP contribution in [0.3, 0.4) is 0 Å². The lowest BCUT2D eigenvalue weighted by molar-refractivity contribution is 0.277. The summed E-state index contributed by atoms with van der Waals surface area (Å²) in [5, 5.41) is 3.66. The van der Waals surface area contributed by atoms with Crippen molar-refractivity contribution < 1.29 is 4.74 Å². The van der Waals surface area contributed by atoms with Crippen LogP contribution in [0.25, 0.3) is 38.6 Å². The lowest BCUT2D eigenvalue weighted by Gasteiger charge is -2.27. The van der Waals surface area contributed by atoms with Gasteiger partial charge in [-0.2, -0.15) is 0 Å². The molecule has 3 heteroatoms. The molecule has 33 heavy (non-hydrogen) atoms. The van der Waals surface area contributed by atoms with Gasteiger partial charge in [0.25, 0.3) is 0 Å². The maximum atomic E-state index is 5.96. The zero-order valence-electron chi connectivity index (χ0n) is 18.1. The number of nitrogens with zero attached hydrogens (tertiary/aromatic N) is 2. The molecule has 0 spiro atoms. The number of fused-ring (bicyclic) bond motifs is 7.